The molecular weight excluding hydrogens is 280 g/mol. The van der Waals surface area contributed by atoms with Gasteiger partial charge in [0.25, 0.3) is 0 Å². The van der Waals surface area contributed by atoms with Crippen LogP contribution < -0.4 is 10.9 Å². The maximum atomic E-state index is 9.75. The highest BCUT2D eigenvalue weighted by atomic mass is 16.3. The summed E-state index contributed by atoms with van der Waals surface area (Å²) in [6, 6.07) is 18.7. The number of aliphatic hydroxyl groups is 2. The zero-order chi connectivity index (χ0) is 15.6. The maximum absolute atomic E-state index is 9.75. The number of rotatable bonds is 7. The Morgan fingerprint density at radius 1 is 0.955 bits per heavy atom. The topological polar surface area (TPSA) is 89.2 Å². The average Bonchev–Trinajstić information content (AvgIpc) is 2.59. The van der Waals surface area contributed by atoms with Gasteiger partial charge in [-0.2, -0.15) is 10.2 Å². The summed E-state index contributed by atoms with van der Waals surface area (Å²) in [4.78, 5) is 0. The second-order valence-corrected chi connectivity index (χ2v) is 4.45. The minimum atomic E-state index is -1.11. The molecule has 1 atom stereocenters. The molecule has 6 heteroatoms. The highest BCUT2D eigenvalue weighted by Crippen LogP contribution is 2.06. The van der Waals surface area contributed by atoms with Gasteiger partial charge in [-0.25, -0.2) is 0 Å². The minimum absolute atomic E-state index is 0.217. The number of hydrogen-bond donors (Lipinski definition) is 4. The molecule has 0 aliphatic carbocycles. The molecule has 114 valence electrons. The zero-order valence-electron chi connectivity index (χ0n) is 11.9. The van der Waals surface area contributed by atoms with Crippen LogP contribution in [-0.4, -0.2) is 34.9 Å². The van der Waals surface area contributed by atoms with Crippen molar-refractivity contribution in [1.29, 1.82) is 0 Å². The fraction of sp³-hybridized carbons (Fsp3) is 0.125. The van der Waals surface area contributed by atoms with E-state index in [4.69, 9.17) is 5.11 Å². The molecular formula is C16H18N4O2. The lowest BCUT2D eigenvalue weighted by Crippen LogP contribution is -2.27. The van der Waals surface area contributed by atoms with E-state index >= 15 is 0 Å². The van der Waals surface area contributed by atoms with Gasteiger partial charge in [-0.15, -0.1) is 0 Å². The van der Waals surface area contributed by atoms with Crippen LogP contribution in [0.5, 0.6) is 0 Å². The van der Waals surface area contributed by atoms with Crippen LogP contribution in [0.4, 0.5) is 11.4 Å². The number of hydrogen-bond acceptors (Lipinski definition) is 6. The molecule has 0 heterocycles. The molecule has 6 nitrogen and oxygen atoms in total. The van der Waals surface area contributed by atoms with Crippen LogP contribution in [0.25, 0.3) is 0 Å². The van der Waals surface area contributed by atoms with Gasteiger partial charge in [-0.3, -0.25) is 10.9 Å². The van der Waals surface area contributed by atoms with Gasteiger partial charge in [0.1, 0.15) is 11.8 Å². The van der Waals surface area contributed by atoms with E-state index in [1.165, 1.54) is 6.21 Å². The summed E-state index contributed by atoms with van der Waals surface area (Å²) in [5, 5.41) is 26.9. The third-order valence-corrected chi connectivity index (χ3v) is 2.77. The van der Waals surface area contributed by atoms with Crippen LogP contribution in [0.1, 0.15) is 0 Å². The molecule has 0 spiro atoms. The van der Waals surface area contributed by atoms with Crippen molar-refractivity contribution in [3.8, 4) is 0 Å². The first-order valence-electron chi connectivity index (χ1n) is 6.81. The number of benzene rings is 2. The minimum Gasteiger partial charge on any atom is -0.393 e. The Hall–Kier alpha value is -2.70. The third-order valence-electron chi connectivity index (χ3n) is 2.77. The van der Waals surface area contributed by atoms with Crippen molar-refractivity contribution in [2.75, 3.05) is 17.5 Å². The molecule has 22 heavy (non-hydrogen) atoms. The zero-order valence-corrected chi connectivity index (χ0v) is 11.9. The van der Waals surface area contributed by atoms with Crippen LogP contribution >= 0.6 is 0 Å². The largest absolute Gasteiger partial charge is 0.393 e. The number of nitrogens with zero attached hydrogens (tertiary/aromatic N) is 2. The van der Waals surface area contributed by atoms with Crippen LogP contribution in [0.3, 0.4) is 0 Å². The van der Waals surface area contributed by atoms with Gasteiger partial charge in [0.05, 0.1) is 24.2 Å². The van der Waals surface area contributed by atoms with Gasteiger partial charge in [0, 0.05) is 0 Å². The van der Waals surface area contributed by atoms with Gasteiger partial charge < -0.3 is 10.2 Å². The molecule has 0 radical (unpaired) electrons. The summed E-state index contributed by atoms with van der Waals surface area (Å²) in [5.41, 5.74) is 7.43. The van der Waals surface area contributed by atoms with Gasteiger partial charge in [0.15, 0.2) is 0 Å². The second-order valence-electron chi connectivity index (χ2n) is 4.45. The van der Waals surface area contributed by atoms with Crippen LogP contribution in [0.15, 0.2) is 70.9 Å². The van der Waals surface area contributed by atoms with E-state index in [0.29, 0.717) is 0 Å². The highest BCUT2D eigenvalue weighted by molar-refractivity contribution is 6.32. The van der Waals surface area contributed by atoms with E-state index in [1.54, 1.807) is 0 Å². The van der Waals surface area contributed by atoms with Crippen LogP contribution in [0, 0.1) is 0 Å². The molecule has 0 aliphatic rings. The van der Waals surface area contributed by atoms with Crippen molar-refractivity contribution >= 4 is 23.3 Å². The van der Waals surface area contributed by atoms with Crippen LogP contribution in [0.2, 0.25) is 0 Å². The molecule has 0 unspecified atom stereocenters. The Labute approximate surface area is 128 Å². The molecule has 0 saturated heterocycles. The van der Waals surface area contributed by atoms with E-state index < -0.39 is 12.7 Å². The predicted molar refractivity (Wildman–Crippen MR) is 89.1 cm³/mol. The number of anilines is 2. The summed E-state index contributed by atoms with van der Waals surface area (Å²) in [6.45, 7) is -0.438. The molecule has 4 N–H and O–H groups in total. The van der Waals surface area contributed by atoms with Crippen molar-refractivity contribution in [3.05, 3.63) is 60.7 Å². The van der Waals surface area contributed by atoms with E-state index in [0.717, 1.165) is 11.4 Å². The highest BCUT2D eigenvalue weighted by Gasteiger charge is 2.09. The summed E-state index contributed by atoms with van der Waals surface area (Å²) >= 11 is 0. The lowest BCUT2D eigenvalue weighted by atomic mass is 10.2. The monoisotopic (exact) mass is 298 g/mol. The van der Waals surface area contributed by atoms with Crippen molar-refractivity contribution < 1.29 is 10.2 Å². The van der Waals surface area contributed by atoms with E-state index in [2.05, 4.69) is 21.1 Å². The lowest BCUT2D eigenvalue weighted by Gasteiger charge is -2.08. The van der Waals surface area contributed by atoms with E-state index in [9.17, 15) is 5.11 Å². The Morgan fingerprint density at radius 2 is 1.50 bits per heavy atom. The van der Waals surface area contributed by atoms with Crippen molar-refractivity contribution in [2.24, 2.45) is 10.2 Å². The molecule has 0 amide bonds. The standard InChI is InChI=1S/C16H18N4O2/c21-12-16(22)15(20-19-14-9-5-2-6-10-14)11-17-18-13-7-3-1-4-8-13/h1-11,16,18-19,21-22H,12H2/t16-/m0/s1. The molecule has 2 rings (SSSR count). The summed E-state index contributed by atoms with van der Waals surface area (Å²) in [6.07, 6.45) is 0.252. The van der Waals surface area contributed by atoms with Gasteiger partial charge in [-0.1, -0.05) is 36.4 Å². The first-order chi connectivity index (χ1) is 10.8. The Balaban J connectivity index is 2.02. The van der Waals surface area contributed by atoms with Gasteiger partial charge in [0.2, 0.25) is 0 Å². The molecule has 0 fully saturated rings. The molecule has 0 aromatic heterocycles. The smallest absolute Gasteiger partial charge is 0.122 e. The fourth-order valence-electron chi connectivity index (χ4n) is 1.61. The number of hydrazone groups is 2. The normalized spacial score (nSPS) is 13.1. The molecule has 0 bridgehead atoms. The summed E-state index contributed by atoms with van der Waals surface area (Å²) in [5.74, 6) is 0. The SMILES string of the molecule is OC[C@H](O)C(C=NNc1ccccc1)=NNc1ccccc1. The van der Waals surface area contributed by atoms with Crippen molar-refractivity contribution in [1.82, 2.24) is 0 Å². The predicted octanol–water partition coefficient (Wildman–Crippen LogP) is 1.91. The molecule has 0 saturated carbocycles. The maximum Gasteiger partial charge on any atom is 0.122 e. The fourth-order valence-corrected chi connectivity index (χ4v) is 1.61. The Bertz CT molecular complexity index is 615. The average molecular weight is 298 g/mol. The Morgan fingerprint density at radius 3 is 2.05 bits per heavy atom. The first-order valence-corrected chi connectivity index (χ1v) is 6.81. The second kappa shape index (κ2) is 8.56. The Kier molecular flexibility index (Phi) is 6.10. The van der Waals surface area contributed by atoms with Gasteiger partial charge >= 0.3 is 0 Å². The first kappa shape index (κ1) is 15.7. The number of aliphatic hydroxyl groups excluding tert-OH is 2. The van der Waals surface area contributed by atoms with Crippen LogP contribution in [-0.2, 0) is 0 Å². The number of nitrogens with one attached hydrogen (secondary N) is 2. The van der Waals surface area contributed by atoms with E-state index in [1.807, 2.05) is 60.7 Å². The van der Waals surface area contributed by atoms with E-state index in [-0.39, 0.29) is 5.71 Å². The number of para-hydroxylation sites is 2. The van der Waals surface area contributed by atoms with Crippen molar-refractivity contribution in [2.45, 2.75) is 6.10 Å². The molecule has 2 aromatic rings. The quantitative estimate of drug-likeness (QED) is 0.464. The summed E-state index contributed by atoms with van der Waals surface area (Å²) < 4.78 is 0. The molecule has 2 aromatic carbocycles. The summed E-state index contributed by atoms with van der Waals surface area (Å²) in [7, 11) is 0. The third kappa shape index (κ3) is 5.01. The molecule has 0 aliphatic heterocycles. The van der Waals surface area contributed by atoms with Gasteiger partial charge in [-0.05, 0) is 24.3 Å². The lowest BCUT2D eigenvalue weighted by molar-refractivity contribution is 0.146. The van der Waals surface area contributed by atoms with Crippen molar-refractivity contribution in [3.63, 3.8) is 0 Å².